The summed E-state index contributed by atoms with van der Waals surface area (Å²) < 4.78 is 0. The van der Waals surface area contributed by atoms with E-state index >= 15 is 0 Å². The number of hydrogen-bond donors (Lipinski definition) is 2. The lowest BCUT2D eigenvalue weighted by molar-refractivity contribution is -0.154. The molecule has 0 saturated heterocycles. The van der Waals surface area contributed by atoms with E-state index in [9.17, 15) is 19.8 Å². The molecule has 0 heterocycles. The molecule has 0 amide bonds. The zero-order valence-electron chi connectivity index (χ0n) is 15.4. The summed E-state index contributed by atoms with van der Waals surface area (Å²) in [6.45, 7) is 4.13. The molecule has 0 spiro atoms. The molecule has 24 heavy (non-hydrogen) atoms. The predicted octanol–water partition coefficient (Wildman–Crippen LogP) is 5.42. The summed E-state index contributed by atoms with van der Waals surface area (Å²) in [6.07, 6.45) is 12.3. The topological polar surface area (TPSA) is 74.6 Å². The van der Waals surface area contributed by atoms with Crippen LogP contribution in [0.1, 0.15) is 90.9 Å². The highest BCUT2D eigenvalue weighted by atomic mass is 16.4. The van der Waals surface area contributed by atoms with Gasteiger partial charge in [0, 0.05) is 0 Å². The van der Waals surface area contributed by atoms with Crippen molar-refractivity contribution < 1.29 is 19.8 Å². The second kappa shape index (κ2) is 10.5. The molecular formula is C20H34O4. The number of rotatable bonds is 11. The van der Waals surface area contributed by atoms with Gasteiger partial charge < -0.3 is 10.2 Å². The van der Waals surface area contributed by atoms with E-state index in [4.69, 9.17) is 0 Å². The Balaban J connectivity index is 3.22. The minimum atomic E-state index is -1.21. The summed E-state index contributed by atoms with van der Waals surface area (Å²) >= 11 is 0. The first-order valence-corrected chi connectivity index (χ1v) is 9.68. The van der Waals surface area contributed by atoms with Gasteiger partial charge in [-0.25, -0.2) is 4.79 Å². The zero-order valence-corrected chi connectivity index (χ0v) is 15.4. The quantitative estimate of drug-likeness (QED) is 0.390. The fourth-order valence-corrected chi connectivity index (χ4v) is 4.11. The van der Waals surface area contributed by atoms with Crippen molar-refractivity contribution >= 4 is 11.9 Å². The fraction of sp³-hybridized carbons (Fsp3) is 0.800. The first-order valence-electron chi connectivity index (χ1n) is 9.68. The lowest BCUT2D eigenvalue weighted by Crippen LogP contribution is -2.44. The Morgan fingerprint density at radius 2 is 1.62 bits per heavy atom. The van der Waals surface area contributed by atoms with Crippen molar-refractivity contribution in [1.82, 2.24) is 0 Å². The number of carboxylic acids is 2. The van der Waals surface area contributed by atoms with Crippen LogP contribution in [0, 0.1) is 11.3 Å². The van der Waals surface area contributed by atoms with Crippen LogP contribution in [0.15, 0.2) is 11.6 Å². The van der Waals surface area contributed by atoms with Gasteiger partial charge >= 0.3 is 11.9 Å². The number of allylic oxidation sites excluding steroid dienone is 1. The van der Waals surface area contributed by atoms with E-state index < -0.39 is 17.4 Å². The smallest absolute Gasteiger partial charge is 0.332 e. The van der Waals surface area contributed by atoms with Gasteiger partial charge in [-0.3, -0.25) is 4.79 Å². The molecule has 0 aromatic rings. The van der Waals surface area contributed by atoms with Gasteiger partial charge in [0.05, 0.1) is 5.57 Å². The third kappa shape index (κ3) is 5.09. The van der Waals surface area contributed by atoms with Crippen LogP contribution in [0.4, 0.5) is 0 Å². The average molecular weight is 338 g/mol. The lowest BCUT2D eigenvalue weighted by atomic mass is 9.62. The van der Waals surface area contributed by atoms with Crippen LogP contribution >= 0.6 is 0 Å². The van der Waals surface area contributed by atoms with Gasteiger partial charge in [-0.1, -0.05) is 64.9 Å². The summed E-state index contributed by atoms with van der Waals surface area (Å²) in [5.41, 5.74) is -1.07. The van der Waals surface area contributed by atoms with Gasteiger partial charge in [0.1, 0.15) is 5.41 Å². The predicted molar refractivity (Wildman–Crippen MR) is 96.0 cm³/mol. The van der Waals surface area contributed by atoms with Crippen LogP contribution in [0.25, 0.3) is 0 Å². The van der Waals surface area contributed by atoms with Crippen molar-refractivity contribution in [3.05, 3.63) is 11.6 Å². The Kier molecular flexibility index (Phi) is 9.09. The Hall–Kier alpha value is -1.32. The molecule has 2 N–H and O–H groups in total. The maximum Gasteiger partial charge on any atom is 0.332 e. The van der Waals surface area contributed by atoms with Crippen LogP contribution in [-0.2, 0) is 9.59 Å². The van der Waals surface area contributed by atoms with E-state index in [1.54, 1.807) is 6.08 Å². The normalized spacial score (nSPS) is 19.0. The van der Waals surface area contributed by atoms with E-state index in [2.05, 4.69) is 6.92 Å². The fourth-order valence-electron chi connectivity index (χ4n) is 4.11. The Morgan fingerprint density at radius 1 is 1.00 bits per heavy atom. The molecule has 0 aromatic heterocycles. The average Bonchev–Trinajstić information content (AvgIpc) is 2.57. The highest BCUT2D eigenvalue weighted by Crippen LogP contribution is 2.48. The van der Waals surface area contributed by atoms with Crippen LogP contribution in [-0.4, -0.2) is 22.2 Å². The lowest BCUT2D eigenvalue weighted by Gasteiger charge is -2.40. The molecule has 1 atom stereocenters. The highest BCUT2D eigenvalue weighted by Gasteiger charge is 2.50. The molecule has 4 nitrogen and oxygen atoms in total. The van der Waals surface area contributed by atoms with Gasteiger partial charge in [0.2, 0.25) is 0 Å². The van der Waals surface area contributed by atoms with Gasteiger partial charge in [-0.05, 0) is 38.0 Å². The minimum absolute atomic E-state index is 0.0520. The second-order valence-electron chi connectivity index (χ2n) is 7.13. The Labute approximate surface area is 146 Å². The summed E-state index contributed by atoms with van der Waals surface area (Å²) in [7, 11) is 0. The second-order valence-corrected chi connectivity index (χ2v) is 7.13. The van der Waals surface area contributed by atoms with E-state index in [0.717, 1.165) is 64.2 Å². The molecule has 1 saturated carbocycles. The molecule has 1 aliphatic carbocycles. The molecule has 1 fully saturated rings. The first-order chi connectivity index (χ1) is 11.5. The van der Waals surface area contributed by atoms with Gasteiger partial charge in [-0.15, -0.1) is 0 Å². The van der Waals surface area contributed by atoms with Crippen LogP contribution in [0.3, 0.4) is 0 Å². The SMILES string of the molecule is CCCCCC=C(C(=O)O)C(CCCC)(C(=O)O)C1CCCCC1. The molecule has 0 bridgehead atoms. The van der Waals surface area contributed by atoms with Crippen molar-refractivity contribution in [3.8, 4) is 0 Å². The Bertz CT molecular complexity index is 435. The summed E-state index contributed by atoms with van der Waals surface area (Å²) in [5.74, 6) is -2.04. The first kappa shape index (κ1) is 20.7. The largest absolute Gasteiger partial charge is 0.481 e. The molecule has 4 heteroatoms. The summed E-state index contributed by atoms with van der Waals surface area (Å²) in [5, 5.41) is 19.9. The number of aliphatic carboxylic acids is 2. The standard InChI is InChI=1S/C20H34O4/c1-3-5-7-11-14-17(18(21)22)20(19(23)24,15-6-4-2)16-12-9-8-10-13-16/h14,16H,3-13,15H2,1-2H3,(H,21,22)(H,23,24). The maximum absolute atomic E-state index is 12.4. The number of hydrogen-bond acceptors (Lipinski definition) is 2. The monoisotopic (exact) mass is 338 g/mol. The molecule has 1 rings (SSSR count). The van der Waals surface area contributed by atoms with Crippen LogP contribution in [0.2, 0.25) is 0 Å². The van der Waals surface area contributed by atoms with E-state index in [1.807, 2.05) is 6.92 Å². The van der Waals surface area contributed by atoms with Crippen LogP contribution < -0.4 is 0 Å². The molecule has 0 radical (unpaired) electrons. The minimum Gasteiger partial charge on any atom is -0.481 e. The summed E-state index contributed by atoms with van der Waals surface area (Å²) in [6, 6.07) is 0. The van der Waals surface area contributed by atoms with E-state index in [1.165, 1.54) is 0 Å². The third-order valence-corrected chi connectivity index (χ3v) is 5.48. The van der Waals surface area contributed by atoms with Crippen molar-refractivity contribution in [2.45, 2.75) is 90.9 Å². The summed E-state index contributed by atoms with van der Waals surface area (Å²) in [4.78, 5) is 24.3. The molecular weight excluding hydrogens is 304 g/mol. The zero-order chi connectivity index (χ0) is 18.0. The number of carbonyl (C=O) groups is 2. The van der Waals surface area contributed by atoms with Gasteiger partial charge in [0.25, 0.3) is 0 Å². The van der Waals surface area contributed by atoms with Crippen molar-refractivity contribution in [2.75, 3.05) is 0 Å². The third-order valence-electron chi connectivity index (χ3n) is 5.48. The molecule has 0 aromatic carbocycles. The van der Waals surface area contributed by atoms with E-state index in [-0.39, 0.29) is 11.5 Å². The van der Waals surface area contributed by atoms with Gasteiger partial charge in [-0.2, -0.15) is 0 Å². The Morgan fingerprint density at radius 3 is 2.12 bits per heavy atom. The van der Waals surface area contributed by atoms with E-state index in [0.29, 0.717) is 12.8 Å². The van der Waals surface area contributed by atoms with Gasteiger partial charge in [0.15, 0.2) is 0 Å². The van der Waals surface area contributed by atoms with Crippen molar-refractivity contribution in [1.29, 1.82) is 0 Å². The van der Waals surface area contributed by atoms with Crippen LogP contribution in [0.5, 0.6) is 0 Å². The molecule has 0 aliphatic heterocycles. The van der Waals surface area contributed by atoms with Crippen molar-refractivity contribution in [2.24, 2.45) is 11.3 Å². The number of unbranched alkanes of at least 4 members (excludes halogenated alkanes) is 4. The van der Waals surface area contributed by atoms with Crippen molar-refractivity contribution in [3.63, 3.8) is 0 Å². The molecule has 138 valence electrons. The molecule has 1 unspecified atom stereocenters. The maximum atomic E-state index is 12.4. The highest BCUT2D eigenvalue weighted by molar-refractivity contribution is 5.96. The molecule has 1 aliphatic rings. The number of carboxylic acid groups (broad SMARTS) is 2.